The van der Waals surface area contributed by atoms with E-state index < -0.39 is 0 Å². The fourth-order valence-electron chi connectivity index (χ4n) is 5.48. The Bertz CT molecular complexity index is 1440. The summed E-state index contributed by atoms with van der Waals surface area (Å²) in [5, 5.41) is 13.0. The van der Waals surface area contributed by atoms with Gasteiger partial charge in [0.15, 0.2) is 0 Å². The molecule has 1 amide bonds. The number of nitrogens with zero attached hydrogens (tertiary/aromatic N) is 4. The summed E-state index contributed by atoms with van der Waals surface area (Å²) >= 11 is 6.38. The van der Waals surface area contributed by atoms with Crippen LogP contribution in [0.1, 0.15) is 59.2 Å². The first-order valence-electron chi connectivity index (χ1n) is 12.9. The van der Waals surface area contributed by atoms with Crippen molar-refractivity contribution in [3.8, 4) is 11.6 Å². The summed E-state index contributed by atoms with van der Waals surface area (Å²) < 4.78 is 21.6. The van der Waals surface area contributed by atoms with E-state index in [9.17, 15) is 9.18 Å². The molecule has 7 nitrogen and oxygen atoms in total. The molecule has 6 rings (SSSR count). The van der Waals surface area contributed by atoms with Gasteiger partial charge in [-0.15, -0.1) is 10.2 Å². The number of carbonyl (C=O) groups is 1. The molecule has 38 heavy (non-hydrogen) atoms. The summed E-state index contributed by atoms with van der Waals surface area (Å²) in [5.41, 5.74) is 2.43. The van der Waals surface area contributed by atoms with Crippen molar-refractivity contribution in [2.75, 3.05) is 0 Å². The van der Waals surface area contributed by atoms with Crippen LogP contribution >= 0.6 is 11.6 Å². The highest BCUT2D eigenvalue weighted by Crippen LogP contribution is 2.37. The second-order valence-corrected chi connectivity index (χ2v) is 10.4. The molecule has 0 unspecified atom stereocenters. The Balaban J connectivity index is 1.23. The molecule has 2 aliphatic rings. The van der Waals surface area contributed by atoms with E-state index in [2.05, 4.69) is 25.1 Å². The zero-order valence-corrected chi connectivity index (χ0v) is 21.4. The summed E-state index contributed by atoms with van der Waals surface area (Å²) in [6.07, 6.45) is 6.67. The summed E-state index contributed by atoms with van der Waals surface area (Å²) in [7, 11) is 0. The van der Waals surface area contributed by atoms with Crippen LogP contribution in [-0.2, 0) is 12.8 Å². The minimum Gasteiger partial charge on any atom is -0.474 e. The third-order valence-electron chi connectivity index (χ3n) is 7.34. The third kappa shape index (κ3) is 5.13. The Labute approximate surface area is 225 Å². The number of nitrogens with one attached hydrogen (secondary N) is 1. The van der Waals surface area contributed by atoms with Gasteiger partial charge in [-0.25, -0.2) is 9.37 Å². The second kappa shape index (κ2) is 10.5. The van der Waals surface area contributed by atoms with Crippen molar-refractivity contribution in [2.45, 2.75) is 56.6 Å². The van der Waals surface area contributed by atoms with E-state index in [4.69, 9.17) is 16.3 Å². The van der Waals surface area contributed by atoms with Crippen LogP contribution in [0.4, 0.5) is 4.39 Å². The molecule has 9 heteroatoms. The molecule has 0 bridgehead atoms. The first kappa shape index (κ1) is 24.6. The number of aromatic nitrogens is 4. The summed E-state index contributed by atoms with van der Waals surface area (Å²) in [5.74, 6) is 2.01. The molecule has 0 saturated heterocycles. The van der Waals surface area contributed by atoms with E-state index in [0.29, 0.717) is 29.3 Å². The van der Waals surface area contributed by atoms with E-state index in [1.165, 1.54) is 24.3 Å². The molecule has 194 valence electrons. The molecular formula is C29H27ClFN5O2. The lowest BCUT2D eigenvalue weighted by atomic mass is 9.86. The monoisotopic (exact) mass is 531 g/mol. The zero-order valence-electron chi connectivity index (χ0n) is 20.7. The molecule has 1 atom stereocenters. The summed E-state index contributed by atoms with van der Waals surface area (Å²) in [6, 6.07) is 16.9. The van der Waals surface area contributed by atoms with Gasteiger partial charge in [-0.1, -0.05) is 17.7 Å². The number of hydrogen-bond donors (Lipinski definition) is 1. The number of ether oxygens (including phenoxy) is 1. The van der Waals surface area contributed by atoms with Gasteiger partial charge < -0.3 is 10.1 Å². The minimum atomic E-state index is -0.377. The fourth-order valence-corrected chi connectivity index (χ4v) is 5.68. The number of rotatable bonds is 5. The number of pyridine rings is 1. The van der Waals surface area contributed by atoms with Gasteiger partial charge in [0.25, 0.3) is 5.91 Å². The fraction of sp³-hybridized carbons (Fsp3) is 0.310. The normalized spacial score (nSPS) is 20.6. The van der Waals surface area contributed by atoms with Crippen LogP contribution in [0.5, 0.6) is 5.88 Å². The molecule has 0 radical (unpaired) electrons. The van der Waals surface area contributed by atoms with Gasteiger partial charge in [0.2, 0.25) is 5.88 Å². The first-order valence-corrected chi connectivity index (χ1v) is 13.3. The second-order valence-electron chi connectivity index (χ2n) is 9.93. The molecule has 1 N–H and O–H groups in total. The highest BCUT2D eigenvalue weighted by molar-refractivity contribution is 6.30. The third-order valence-corrected chi connectivity index (χ3v) is 7.57. The molecule has 2 aromatic heterocycles. The van der Waals surface area contributed by atoms with Gasteiger partial charge in [-0.05, 0) is 86.2 Å². The lowest BCUT2D eigenvalue weighted by Gasteiger charge is -2.28. The predicted octanol–water partition coefficient (Wildman–Crippen LogP) is 5.46. The van der Waals surface area contributed by atoms with E-state index in [1.54, 1.807) is 6.20 Å². The van der Waals surface area contributed by atoms with E-state index in [1.807, 2.05) is 36.4 Å². The molecular weight excluding hydrogens is 505 g/mol. The van der Waals surface area contributed by atoms with Gasteiger partial charge in [-0.3, -0.25) is 9.36 Å². The average molecular weight is 532 g/mol. The van der Waals surface area contributed by atoms with E-state index >= 15 is 0 Å². The van der Waals surface area contributed by atoms with Gasteiger partial charge >= 0.3 is 0 Å². The van der Waals surface area contributed by atoms with Crippen LogP contribution in [0, 0.1) is 5.82 Å². The summed E-state index contributed by atoms with van der Waals surface area (Å²) in [4.78, 5) is 17.2. The lowest BCUT2D eigenvalue weighted by molar-refractivity contribution is 0.0936. The SMILES string of the molecule is O=C(N[C@H]1Cc2cc(Cl)ccc2-n2c(nnc2C2CCC(Oc3ccccn3)CC2)C1)c1ccc(F)cc1. The number of halogens is 2. The van der Waals surface area contributed by atoms with Crippen molar-refractivity contribution in [2.24, 2.45) is 0 Å². The Kier molecular flexibility index (Phi) is 6.81. The largest absolute Gasteiger partial charge is 0.474 e. The van der Waals surface area contributed by atoms with Crippen molar-refractivity contribution in [1.29, 1.82) is 0 Å². The smallest absolute Gasteiger partial charge is 0.251 e. The Morgan fingerprint density at radius 3 is 2.58 bits per heavy atom. The standard InChI is InChI=1S/C29H27ClFN5O2/c30-21-8-13-25-20(15-21)16-23(33-29(37)19-4-9-22(31)10-5-19)17-26-34-35-28(36(25)26)18-6-11-24(12-7-18)38-27-3-1-2-14-32-27/h1-5,8-10,13-15,18,23-24H,6-7,11-12,16-17H2,(H,33,37)/t18?,23-,24?/m0/s1. The average Bonchev–Trinajstić information content (AvgIpc) is 3.26. The van der Waals surface area contributed by atoms with Crippen LogP contribution in [-0.4, -0.2) is 37.8 Å². The number of benzene rings is 2. The van der Waals surface area contributed by atoms with Crippen LogP contribution in [0.3, 0.4) is 0 Å². The predicted molar refractivity (Wildman–Crippen MR) is 141 cm³/mol. The molecule has 1 aliphatic heterocycles. The molecule has 1 aliphatic carbocycles. The quantitative estimate of drug-likeness (QED) is 0.370. The maximum atomic E-state index is 13.3. The molecule has 1 saturated carbocycles. The molecule has 1 fully saturated rings. The Hall–Kier alpha value is -3.78. The van der Waals surface area contributed by atoms with Gasteiger partial charge in [0.05, 0.1) is 5.69 Å². The highest BCUT2D eigenvalue weighted by atomic mass is 35.5. The highest BCUT2D eigenvalue weighted by Gasteiger charge is 2.32. The van der Waals surface area contributed by atoms with Crippen LogP contribution in [0.25, 0.3) is 5.69 Å². The number of carbonyl (C=O) groups excluding carboxylic acids is 1. The first-order chi connectivity index (χ1) is 18.5. The number of hydrogen-bond acceptors (Lipinski definition) is 5. The number of amides is 1. The molecule has 4 aromatic rings. The molecule has 3 heterocycles. The van der Waals surface area contributed by atoms with Gasteiger partial charge in [0.1, 0.15) is 23.6 Å². The Morgan fingerprint density at radius 2 is 1.82 bits per heavy atom. The Morgan fingerprint density at radius 1 is 1.00 bits per heavy atom. The van der Waals surface area contributed by atoms with Crippen LogP contribution < -0.4 is 10.1 Å². The topological polar surface area (TPSA) is 81.9 Å². The van der Waals surface area contributed by atoms with E-state index in [-0.39, 0.29) is 29.8 Å². The van der Waals surface area contributed by atoms with E-state index in [0.717, 1.165) is 48.6 Å². The van der Waals surface area contributed by atoms with Crippen LogP contribution in [0.15, 0.2) is 66.9 Å². The zero-order chi connectivity index (χ0) is 26.1. The van der Waals surface area contributed by atoms with Gasteiger partial charge in [-0.2, -0.15) is 0 Å². The van der Waals surface area contributed by atoms with Gasteiger partial charge in [0, 0.05) is 41.2 Å². The maximum absolute atomic E-state index is 13.3. The van der Waals surface area contributed by atoms with Crippen molar-refractivity contribution in [1.82, 2.24) is 25.1 Å². The minimum absolute atomic E-state index is 0.129. The van der Waals surface area contributed by atoms with Crippen molar-refractivity contribution in [3.63, 3.8) is 0 Å². The maximum Gasteiger partial charge on any atom is 0.251 e. The molecule has 2 aromatic carbocycles. The summed E-state index contributed by atoms with van der Waals surface area (Å²) in [6.45, 7) is 0. The lowest BCUT2D eigenvalue weighted by Crippen LogP contribution is -2.38. The number of fused-ring (bicyclic) bond motifs is 3. The van der Waals surface area contributed by atoms with Crippen LogP contribution in [0.2, 0.25) is 5.02 Å². The van der Waals surface area contributed by atoms with Crippen molar-refractivity contribution >= 4 is 17.5 Å². The van der Waals surface area contributed by atoms with Crippen molar-refractivity contribution < 1.29 is 13.9 Å². The molecule has 0 spiro atoms. The van der Waals surface area contributed by atoms with Crippen molar-refractivity contribution in [3.05, 3.63) is 100 Å².